The lowest BCUT2D eigenvalue weighted by molar-refractivity contribution is 0.298. The van der Waals surface area contributed by atoms with E-state index in [1.165, 1.54) is 0 Å². The van der Waals surface area contributed by atoms with E-state index in [2.05, 4.69) is 42.5 Å². The van der Waals surface area contributed by atoms with Gasteiger partial charge in [0, 0.05) is 32.6 Å². The summed E-state index contributed by atoms with van der Waals surface area (Å²) in [5, 5.41) is 18.8. The Balaban J connectivity index is 1.64. The van der Waals surface area contributed by atoms with Gasteiger partial charge in [-0.2, -0.15) is 5.10 Å². The molecule has 9 heteroatoms. The summed E-state index contributed by atoms with van der Waals surface area (Å²) in [6.07, 6.45) is 5.98. The first-order valence-corrected chi connectivity index (χ1v) is 9.42. The number of hydrogen-bond acceptors (Lipinski definition) is 5. The second kappa shape index (κ2) is 8.77. The van der Waals surface area contributed by atoms with Crippen molar-refractivity contribution in [3.8, 4) is 0 Å². The van der Waals surface area contributed by atoms with Crippen LogP contribution in [0.4, 0.5) is 0 Å². The fourth-order valence-corrected chi connectivity index (χ4v) is 3.16. The fourth-order valence-electron chi connectivity index (χ4n) is 3.16. The van der Waals surface area contributed by atoms with E-state index >= 15 is 0 Å². The van der Waals surface area contributed by atoms with Gasteiger partial charge in [0.15, 0.2) is 11.8 Å². The summed E-state index contributed by atoms with van der Waals surface area (Å²) in [5.41, 5.74) is 0. The molecule has 2 N–H and O–H groups in total. The highest BCUT2D eigenvalue weighted by Gasteiger charge is 2.24. The number of aliphatic imine (C=N–C) groups is 1. The van der Waals surface area contributed by atoms with Gasteiger partial charge in [-0.1, -0.05) is 13.3 Å². The van der Waals surface area contributed by atoms with Gasteiger partial charge < -0.3 is 14.8 Å². The predicted octanol–water partition coefficient (Wildman–Crippen LogP) is 1.37. The standard InChI is InChI=1S/C17H29N9/c1-4-5-8-18-17(19-11-15-23-22-13(2)25(15)3)26-9-6-14(7-10-26)16-20-12-21-24-16/h12,14H,4-11H2,1-3H3,(H,18,19)(H,20,21,24). The molecule has 0 aliphatic carbocycles. The zero-order valence-corrected chi connectivity index (χ0v) is 15.9. The number of unbranched alkanes of at least 4 members (excludes halogenated alkanes) is 1. The van der Waals surface area contributed by atoms with Crippen LogP contribution in [-0.4, -0.2) is 60.4 Å². The molecule has 142 valence electrons. The lowest BCUT2D eigenvalue weighted by Crippen LogP contribution is -2.45. The largest absolute Gasteiger partial charge is 0.356 e. The van der Waals surface area contributed by atoms with Crippen LogP contribution < -0.4 is 5.32 Å². The number of piperidine rings is 1. The number of guanidine groups is 1. The number of rotatable bonds is 6. The maximum Gasteiger partial charge on any atom is 0.194 e. The molecule has 0 radical (unpaired) electrons. The lowest BCUT2D eigenvalue weighted by Gasteiger charge is -2.33. The van der Waals surface area contributed by atoms with E-state index in [0.717, 1.165) is 68.8 Å². The second-order valence-corrected chi connectivity index (χ2v) is 6.77. The van der Waals surface area contributed by atoms with Gasteiger partial charge in [-0.3, -0.25) is 5.10 Å². The van der Waals surface area contributed by atoms with Gasteiger partial charge in [0.25, 0.3) is 0 Å². The molecule has 0 aromatic carbocycles. The van der Waals surface area contributed by atoms with Crippen LogP contribution in [0.2, 0.25) is 0 Å². The maximum atomic E-state index is 4.82. The Hall–Kier alpha value is -2.45. The van der Waals surface area contributed by atoms with Crippen molar-refractivity contribution < 1.29 is 0 Å². The van der Waals surface area contributed by atoms with Gasteiger partial charge in [0.1, 0.15) is 24.5 Å². The molecule has 0 atom stereocenters. The van der Waals surface area contributed by atoms with Crippen molar-refractivity contribution in [1.29, 1.82) is 0 Å². The fraction of sp³-hybridized carbons (Fsp3) is 0.706. The summed E-state index contributed by atoms with van der Waals surface area (Å²) in [6, 6.07) is 0. The van der Waals surface area contributed by atoms with Crippen molar-refractivity contribution in [1.82, 2.24) is 40.2 Å². The number of likely N-dealkylation sites (tertiary alicyclic amines) is 1. The minimum atomic E-state index is 0.451. The minimum absolute atomic E-state index is 0.451. The first-order chi connectivity index (χ1) is 12.7. The zero-order valence-electron chi connectivity index (χ0n) is 15.9. The van der Waals surface area contributed by atoms with Crippen LogP contribution in [-0.2, 0) is 13.6 Å². The number of aromatic amines is 1. The van der Waals surface area contributed by atoms with Crippen molar-refractivity contribution in [2.75, 3.05) is 19.6 Å². The third kappa shape index (κ3) is 4.39. The average Bonchev–Trinajstić information content (AvgIpc) is 3.30. The molecular weight excluding hydrogens is 330 g/mol. The second-order valence-electron chi connectivity index (χ2n) is 6.77. The van der Waals surface area contributed by atoms with Gasteiger partial charge in [0.05, 0.1) is 0 Å². The number of nitrogens with one attached hydrogen (secondary N) is 2. The van der Waals surface area contributed by atoms with Gasteiger partial charge >= 0.3 is 0 Å². The van der Waals surface area contributed by atoms with Crippen molar-refractivity contribution in [3.63, 3.8) is 0 Å². The average molecular weight is 359 g/mol. The molecule has 0 unspecified atom stereocenters. The van der Waals surface area contributed by atoms with Crippen molar-refractivity contribution >= 4 is 5.96 Å². The molecule has 0 bridgehead atoms. The summed E-state index contributed by atoms with van der Waals surface area (Å²) >= 11 is 0. The molecule has 1 saturated heterocycles. The molecule has 1 aliphatic heterocycles. The maximum absolute atomic E-state index is 4.82. The molecule has 2 aromatic rings. The van der Waals surface area contributed by atoms with Crippen molar-refractivity contribution in [2.24, 2.45) is 12.0 Å². The SMILES string of the molecule is CCCCNC(=NCc1nnc(C)n1C)N1CCC(c2ncn[nH]2)CC1. The highest BCUT2D eigenvalue weighted by molar-refractivity contribution is 5.80. The highest BCUT2D eigenvalue weighted by atomic mass is 15.3. The van der Waals surface area contributed by atoms with E-state index in [4.69, 9.17) is 4.99 Å². The summed E-state index contributed by atoms with van der Waals surface area (Å²) in [4.78, 5) is 11.5. The van der Waals surface area contributed by atoms with Crippen LogP contribution in [0.25, 0.3) is 0 Å². The minimum Gasteiger partial charge on any atom is -0.356 e. The molecule has 1 fully saturated rings. The van der Waals surface area contributed by atoms with E-state index in [1.807, 2.05) is 18.5 Å². The van der Waals surface area contributed by atoms with Gasteiger partial charge in [-0.15, -0.1) is 10.2 Å². The molecule has 26 heavy (non-hydrogen) atoms. The molecule has 0 saturated carbocycles. The number of nitrogens with zero attached hydrogens (tertiary/aromatic N) is 7. The van der Waals surface area contributed by atoms with Crippen LogP contribution >= 0.6 is 0 Å². The van der Waals surface area contributed by atoms with Crippen LogP contribution in [0.15, 0.2) is 11.3 Å². The summed E-state index contributed by atoms with van der Waals surface area (Å²) < 4.78 is 1.99. The third-order valence-electron chi connectivity index (χ3n) is 4.98. The smallest absolute Gasteiger partial charge is 0.194 e. The first-order valence-electron chi connectivity index (χ1n) is 9.42. The lowest BCUT2D eigenvalue weighted by atomic mass is 9.96. The van der Waals surface area contributed by atoms with E-state index < -0.39 is 0 Å². The molecule has 0 amide bonds. The Morgan fingerprint density at radius 2 is 2.15 bits per heavy atom. The van der Waals surface area contributed by atoms with Crippen LogP contribution in [0.1, 0.15) is 56.0 Å². The molecular formula is C17H29N9. The quantitative estimate of drug-likeness (QED) is 0.459. The predicted molar refractivity (Wildman–Crippen MR) is 99.7 cm³/mol. The first kappa shape index (κ1) is 18.3. The molecule has 0 spiro atoms. The van der Waals surface area contributed by atoms with E-state index in [0.29, 0.717) is 12.5 Å². The number of hydrogen-bond donors (Lipinski definition) is 2. The normalized spacial score (nSPS) is 16.3. The van der Waals surface area contributed by atoms with Gasteiger partial charge in [-0.05, 0) is 26.2 Å². The zero-order chi connectivity index (χ0) is 18.4. The third-order valence-corrected chi connectivity index (χ3v) is 4.98. The van der Waals surface area contributed by atoms with E-state index in [-0.39, 0.29) is 0 Å². The van der Waals surface area contributed by atoms with Crippen LogP contribution in [0, 0.1) is 6.92 Å². The highest BCUT2D eigenvalue weighted by Crippen LogP contribution is 2.25. The van der Waals surface area contributed by atoms with Crippen molar-refractivity contribution in [2.45, 2.75) is 52.0 Å². The van der Waals surface area contributed by atoms with E-state index in [9.17, 15) is 0 Å². The molecule has 2 aromatic heterocycles. The number of aromatic nitrogens is 6. The molecule has 3 heterocycles. The van der Waals surface area contributed by atoms with Gasteiger partial charge in [-0.25, -0.2) is 9.98 Å². The van der Waals surface area contributed by atoms with Crippen molar-refractivity contribution in [3.05, 3.63) is 23.8 Å². The summed E-state index contributed by atoms with van der Waals surface area (Å²) in [6.45, 7) is 7.55. The Morgan fingerprint density at radius 1 is 1.35 bits per heavy atom. The Kier molecular flexibility index (Phi) is 6.19. The Labute approximate surface area is 154 Å². The van der Waals surface area contributed by atoms with Crippen LogP contribution in [0.5, 0.6) is 0 Å². The number of aryl methyl sites for hydroxylation is 1. The summed E-state index contributed by atoms with van der Waals surface area (Å²) in [7, 11) is 1.98. The molecule has 9 nitrogen and oxygen atoms in total. The number of H-pyrrole nitrogens is 1. The van der Waals surface area contributed by atoms with Crippen LogP contribution in [0.3, 0.4) is 0 Å². The molecule has 3 rings (SSSR count). The Bertz CT molecular complexity index is 696. The topological polar surface area (TPSA) is 99.9 Å². The molecule has 1 aliphatic rings. The van der Waals surface area contributed by atoms with Gasteiger partial charge in [0.2, 0.25) is 0 Å². The Morgan fingerprint density at radius 3 is 2.77 bits per heavy atom. The van der Waals surface area contributed by atoms with E-state index in [1.54, 1.807) is 6.33 Å². The summed E-state index contributed by atoms with van der Waals surface area (Å²) in [5.74, 6) is 4.20. The monoisotopic (exact) mass is 359 g/mol.